The van der Waals surface area contributed by atoms with Crippen LogP contribution in [-0.2, 0) is 4.79 Å². The molecule has 1 amide bonds. The molecule has 2 rings (SSSR count). The third kappa shape index (κ3) is 1.63. The molecular formula is C11H13NO2. The molecule has 3 nitrogen and oxygen atoms in total. The summed E-state index contributed by atoms with van der Waals surface area (Å²) >= 11 is 0. The summed E-state index contributed by atoms with van der Waals surface area (Å²) in [6.07, 6.45) is 0.518. The van der Waals surface area contributed by atoms with Gasteiger partial charge in [-0.2, -0.15) is 0 Å². The highest BCUT2D eigenvalue weighted by Gasteiger charge is 2.29. The van der Waals surface area contributed by atoms with Crippen LogP contribution in [0.2, 0.25) is 0 Å². The second kappa shape index (κ2) is 3.80. The first kappa shape index (κ1) is 9.21. The molecule has 1 N–H and O–H groups in total. The molecule has 0 aliphatic carbocycles. The van der Waals surface area contributed by atoms with E-state index in [1.165, 1.54) is 10.5 Å². The Labute approximate surface area is 83.0 Å². The first-order chi connectivity index (χ1) is 6.81. The summed E-state index contributed by atoms with van der Waals surface area (Å²) in [7, 11) is 0. The molecule has 1 saturated heterocycles. The molecule has 74 valence electrons. The molecule has 1 aromatic rings. The molecule has 14 heavy (non-hydrogen) atoms. The van der Waals surface area contributed by atoms with Crippen LogP contribution in [0.1, 0.15) is 17.9 Å². The highest BCUT2D eigenvalue weighted by molar-refractivity contribution is 5.79. The largest absolute Gasteiger partial charge is 0.376 e. The number of amides is 1. The number of aliphatic hydroxyl groups excluding tert-OH is 1. The zero-order valence-electron chi connectivity index (χ0n) is 7.89. The molecule has 0 bridgehead atoms. The number of benzene rings is 1. The van der Waals surface area contributed by atoms with Gasteiger partial charge in [0.25, 0.3) is 0 Å². The van der Waals surface area contributed by atoms with Crippen LogP contribution >= 0.6 is 0 Å². The highest BCUT2D eigenvalue weighted by atomic mass is 16.3. The van der Waals surface area contributed by atoms with Crippen molar-refractivity contribution in [1.82, 2.24) is 4.90 Å². The molecule has 0 spiro atoms. The van der Waals surface area contributed by atoms with Crippen LogP contribution in [0, 0.1) is 0 Å². The summed E-state index contributed by atoms with van der Waals surface area (Å²) in [5.41, 5.74) is 1.18. The van der Waals surface area contributed by atoms with Gasteiger partial charge in [-0.1, -0.05) is 30.3 Å². The molecule has 1 heterocycles. The molecular weight excluding hydrogens is 178 g/mol. The van der Waals surface area contributed by atoms with Crippen molar-refractivity contribution in [3.05, 3.63) is 35.9 Å². The molecule has 0 radical (unpaired) electrons. The molecule has 1 aromatic carbocycles. The van der Waals surface area contributed by atoms with Crippen molar-refractivity contribution in [1.29, 1.82) is 0 Å². The maximum atomic E-state index is 11.4. The maximum Gasteiger partial charge on any atom is 0.225 e. The van der Waals surface area contributed by atoms with Gasteiger partial charge < -0.3 is 10.0 Å². The van der Waals surface area contributed by atoms with Crippen LogP contribution in [0.15, 0.2) is 30.3 Å². The standard InChI is InChI=1S/C11H13NO2/c13-8-12-7-10(6-11(12)14)9-4-2-1-3-5-9/h1-5,10,13H,6-8H2. The summed E-state index contributed by atoms with van der Waals surface area (Å²) in [5.74, 6) is 0.289. The Balaban J connectivity index is 2.13. The average molecular weight is 191 g/mol. The Kier molecular flexibility index (Phi) is 2.50. The lowest BCUT2D eigenvalue weighted by Gasteiger charge is -2.12. The first-order valence-corrected chi connectivity index (χ1v) is 4.75. The van der Waals surface area contributed by atoms with E-state index in [2.05, 4.69) is 0 Å². The topological polar surface area (TPSA) is 40.5 Å². The average Bonchev–Trinajstić information content (AvgIpc) is 2.61. The fourth-order valence-electron chi connectivity index (χ4n) is 1.86. The number of carbonyl (C=O) groups is 1. The van der Waals surface area contributed by atoms with Gasteiger partial charge in [-0.05, 0) is 5.56 Å². The van der Waals surface area contributed by atoms with Gasteiger partial charge in [-0.25, -0.2) is 0 Å². The first-order valence-electron chi connectivity index (χ1n) is 4.75. The number of likely N-dealkylation sites (tertiary alicyclic amines) is 1. The van der Waals surface area contributed by atoms with Crippen molar-refractivity contribution in [2.24, 2.45) is 0 Å². The van der Waals surface area contributed by atoms with Gasteiger partial charge in [0, 0.05) is 18.9 Å². The summed E-state index contributed by atoms with van der Waals surface area (Å²) < 4.78 is 0. The van der Waals surface area contributed by atoms with Crippen molar-refractivity contribution in [3.8, 4) is 0 Å². The number of hydrogen-bond donors (Lipinski definition) is 1. The monoisotopic (exact) mass is 191 g/mol. The predicted molar refractivity (Wildman–Crippen MR) is 52.6 cm³/mol. The third-order valence-corrected chi connectivity index (χ3v) is 2.66. The van der Waals surface area contributed by atoms with Crippen LogP contribution < -0.4 is 0 Å². The summed E-state index contributed by atoms with van der Waals surface area (Å²) in [6.45, 7) is 0.474. The fourth-order valence-corrected chi connectivity index (χ4v) is 1.86. The Bertz CT molecular complexity index is 323. The number of aliphatic hydroxyl groups is 1. The van der Waals surface area contributed by atoms with E-state index in [-0.39, 0.29) is 18.6 Å². The second-order valence-corrected chi connectivity index (χ2v) is 3.57. The van der Waals surface area contributed by atoms with Crippen LogP contribution in [0.3, 0.4) is 0 Å². The molecule has 1 aliphatic rings. The van der Waals surface area contributed by atoms with Crippen LogP contribution in [-0.4, -0.2) is 29.2 Å². The number of hydrogen-bond acceptors (Lipinski definition) is 2. The molecule has 3 heteroatoms. The third-order valence-electron chi connectivity index (χ3n) is 2.66. The zero-order valence-corrected chi connectivity index (χ0v) is 7.89. The minimum atomic E-state index is -0.165. The fraction of sp³-hybridized carbons (Fsp3) is 0.364. The van der Waals surface area contributed by atoms with Crippen molar-refractivity contribution in [3.63, 3.8) is 0 Å². The van der Waals surface area contributed by atoms with E-state index in [1.807, 2.05) is 30.3 Å². The second-order valence-electron chi connectivity index (χ2n) is 3.57. The van der Waals surface area contributed by atoms with E-state index in [4.69, 9.17) is 5.11 Å². The Morgan fingerprint density at radius 1 is 1.36 bits per heavy atom. The van der Waals surface area contributed by atoms with Crippen molar-refractivity contribution in [2.45, 2.75) is 12.3 Å². The van der Waals surface area contributed by atoms with Gasteiger partial charge in [0.1, 0.15) is 6.73 Å². The summed E-state index contributed by atoms with van der Waals surface area (Å²) in [5, 5.41) is 8.91. The lowest BCUT2D eigenvalue weighted by atomic mass is 9.99. The van der Waals surface area contributed by atoms with Gasteiger partial charge in [0.2, 0.25) is 5.91 Å². The minimum absolute atomic E-state index is 0.0429. The van der Waals surface area contributed by atoms with Gasteiger partial charge in [-0.3, -0.25) is 4.79 Å². The Morgan fingerprint density at radius 2 is 2.07 bits per heavy atom. The lowest BCUT2D eigenvalue weighted by molar-refractivity contribution is -0.130. The molecule has 1 fully saturated rings. The molecule has 1 atom stereocenters. The summed E-state index contributed by atoms with van der Waals surface area (Å²) in [6, 6.07) is 9.96. The van der Waals surface area contributed by atoms with Crippen molar-refractivity contribution >= 4 is 5.91 Å². The van der Waals surface area contributed by atoms with Gasteiger partial charge in [-0.15, -0.1) is 0 Å². The molecule has 0 saturated carbocycles. The van der Waals surface area contributed by atoms with E-state index < -0.39 is 0 Å². The molecule has 1 unspecified atom stereocenters. The number of nitrogens with zero attached hydrogens (tertiary/aromatic N) is 1. The maximum absolute atomic E-state index is 11.4. The van der Waals surface area contributed by atoms with Crippen molar-refractivity contribution in [2.75, 3.05) is 13.3 Å². The smallest absolute Gasteiger partial charge is 0.225 e. The van der Waals surface area contributed by atoms with Crippen LogP contribution in [0.4, 0.5) is 0 Å². The van der Waals surface area contributed by atoms with Crippen LogP contribution in [0.25, 0.3) is 0 Å². The van der Waals surface area contributed by atoms with Gasteiger partial charge in [0.15, 0.2) is 0 Å². The highest BCUT2D eigenvalue weighted by Crippen LogP contribution is 2.27. The quantitative estimate of drug-likeness (QED) is 0.756. The normalized spacial score (nSPS) is 21.6. The van der Waals surface area contributed by atoms with Crippen molar-refractivity contribution < 1.29 is 9.90 Å². The molecule has 0 aromatic heterocycles. The van der Waals surface area contributed by atoms with Gasteiger partial charge >= 0.3 is 0 Å². The predicted octanol–water partition coefficient (Wildman–Crippen LogP) is 0.952. The van der Waals surface area contributed by atoms with E-state index in [9.17, 15) is 4.79 Å². The summed E-state index contributed by atoms with van der Waals surface area (Å²) in [4.78, 5) is 12.8. The number of carbonyl (C=O) groups excluding carboxylic acids is 1. The number of rotatable bonds is 2. The van der Waals surface area contributed by atoms with Crippen LogP contribution in [0.5, 0.6) is 0 Å². The van der Waals surface area contributed by atoms with Gasteiger partial charge in [0.05, 0.1) is 0 Å². The van der Waals surface area contributed by atoms with E-state index in [0.29, 0.717) is 13.0 Å². The van der Waals surface area contributed by atoms with E-state index >= 15 is 0 Å². The zero-order chi connectivity index (χ0) is 9.97. The molecule has 1 aliphatic heterocycles. The SMILES string of the molecule is O=C1CC(c2ccccc2)CN1CO. The Morgan fingerprint density at radius 3 is 2.64 bits per heavy atom. The Hall–Kier alpha value is -1.35. The van der Waals surface area contributed by atoms with E-state index in [0.717, 1.165) is 0 Å². The minimum Gasteiger partial charge on any atom is -0.376 e. The lowest BCUT2D eigenvalue weighted by Crippen LogP contribution is -2.25. The van der Waals surface area contributed by atoms with E-state index in [1.54, 1.807) is 0 Å².